The van der Waals surface area contributed by atoms with Crippen molar-refractivity contribution in [3.63, 3.8) is 0 Å². The Morgan fingerprint density at radius 2 is 1.13 bits per heavy atom. The van der Waals surface area contributed by atoms with E-state index in [1.807, 2.05) is 12.3 Å². The predicted octanol–water partition coefficient (Wildman–Crippen LogP) is 8.86. The number of Topliss-reactive ketones (excluding diaryl/α,β-unsaturated/α-hetero) is 1. The number of benzene rings is 4. The topological polar surface area (TPSA) is 29.1 Å². The maximum atomic E-state index is 14.8. The third-order valence-electron chi connectivity index (χ3n) is 7.69. The molecule has 3 heteroatoms. The number of nitrogens with one attached hydrogen (secondary N) is 1. The summed E-state index contributed by atoms with van der Waals surface area (Å²) in [6, 6.07) is 40.6. The zero-order valence-corrected chi connectivity index (χ0v) is 22.4. The van der Waals surface area contributed by atoms with Crippen molar-refractivity contribution in [3.05, 3.63) is 137 Å². The standard InChI is InChI=1S/C35H33NOS/c37-35-33(26-36-28-16-5-1-6-17-28)32-24-14-13-15-27(32)25-34(35)38(29-18-7-2-8-19-29,30-20-9-3-10-21-30)31-22-11-4-12-23-31/h2-4,7-15,18-26,28,36H,1,5-6,16-17H2/b33-26-. The molecule has 38 heavy (non-hydrogen) atoms. The van der Waals surface area contributed by atoms with Crippen molar-refractivity contribution in [2.24, 2.45) is 0 Å². The van der Waals surface area contributed by atoms with E-state index in [9.17, 15) is 4.79 Å². The van der Waals surface area contributed by atoms with Gasteiger partial charge < -0.3 is 5.32 Å². The Kier molecular flexibility index (Phi) is 7.02. The molecule has 190 valence electrons. The molecular weight excluding hydrogens is 482 g/mol. The minimum absolute atomic E-state index is 0.110. The summed E-state index contributed by atoms with van der Waals surface area (Å²) >= 11 is 0. The summed E-state index contributed by atoms with van der Waals surface area (Å²) in [6.07, 6.45) is 10.3. The van der Waals surface area contributed by atoms with Crippen LogP contribution in [0.2, 0.25) is 0 Å². The van der Waals surface area contributed by atoms with Gasteiger partial charge in [0.1, 0.15) is 0 Å². The van der Waals surface area contributed by atoms with Gasteiger partial charge in [-0.1, -0.05) is 98.1 Å². The van der Waals surface area contributed by atoms with E-state index in [2.05, 4.69) is 121 Å². The molecule has 0 spiro atoms. The van der Waals surface area contributed by atoms with Crippen molar-refractivity contribution in [1.29, 1.82) is 0 Å². The van der Waals surface area contributed by atoms with Crippen molar-refractivity contribution in [2.75, 3.05) is 0 Å². The summed E-state index contributed by atoms with van der Waals surface area (Å²) in [5.74, 6) is 0.110. The van der Waals surface area contributed by atoms with Crippen LogP contribution in [0, 0.1) is 0 Å². The molecule has 0 atom stereocenters. The molecule has 4 aromatic carbocycles. The predicted molar refractivity (Wildman–Crippen MR) is 159 cm³/mol. The number of hydrogen-bond donors (Lipinski definition) is 1. The molecule has 6 rings (SSSR count). The van der Waals surface area contributed by atoms with Gasteiger partial charge in [0.2, 0.25) is 5.78 Å². The molecule has 0 amide bonds. The van der Waals surface area contributed by atoms with Crippen LogP contribution in [0.5, 0.6) is 0 Å². The Balaban J connectivity index is 1.61. The van der Waals surface area contributed by atoms with E-state index >= 15 is 0 Å². The largest absolute Gasteiger partial charge is 0.388 e. The Morgan fingerprint density at radius 1 is 0.632 bits per heavy atom. The number of fused-ring (bicyclic) bond motifs is 1. The van der Waals surface area contributed by atoms with Gasteiger partial charge in [0.25, 0.3) is 0 Å². The highest BCUT2D eigenvalue weighted by molar-refractivity contribution is 8.37. The van der Waals surface area contributed by atoms with Crippen molar-refractivity contribution < 1.29 is 4.79 Å². The van der Waals surface area contributed by atoms with Crippen LogP contribution in [-0.2, 0) is 4.79 Å². The van der Waals surface area contributed by atoms with Crippen LogP contribution in [-0.4, -0.2) is 11.8 Å². The molecule has 2 aliphatic rings. The first-order valence-electron chi connectivity index (χ1n) is 13.6. The van der Waals surface area contributed by atoms with Crippen LogP contribution in [0.25, 0.3) is 11.6 Å². The quantitative estimate of drug-likeness (QED) is 0.260. The Morgan fingerprint density at radius 3 is 1.68 bits per heavy atom. The average Bonchev–Trinajstić information content (AvgIpc) is 3.00. The molecule has 1 fully saturated rings. The van der Waals surface area contributed by atoms with Gasteiger partial charge in [-0.15, -0.1) is 10.0 Å². The molecule has 4 aromatic rings. The average molecular weight is 516 g/mol. The molecule has 0 aliphatic heterocycles. The summed E-state index contributed by atoms with van der Waals surface area (Å²) in [5.41, 5.74) is 2.87. The molecule has 1 saturated carbocycles. The minimum Gasteiger partial charge on any atom is -0.388 e. The second kappa shape index (κ2) is 10.9. The lowest BCUT2D eigenvalue weighted by Gasteiger charge is -2.44. The highest BCUT2D eigenvalue weighted by atomic mass is 32.3. The molecule has 2 nitrogen and oxygen atoms in total. The molecule has 2 aliphatic carbocycles. The summed E-state index contributed by atoms with van der Waals surface area (Å²) in [4.78, 5) is 19.1. The highest BCUT2D eigenvalue weighted by Gasteiger charge is 2.41. The summed E-state index contributed by atoms with van der Waals surface area (Å²) in [6.45, 7) is 0. The molecule has 1 N–H and O–H groups in total. The second-order valence-electron chi connectivity index (χ2n) is 10.0. The first-order chi connectivity index (χ1) is 18.8. The van der Waals surface area contributed by atoms with Crippen LogP contribution in [0.15, 0.2) is 141 Å². The van der Waals surface area contributed by atoms with Gasteiger partial charge in [-0.2, -0.15) is 0 Å². The van der Waals surface area contributed by atoms with E-state index < -0.39 is 10.0 Å². The molecule has 0 radical (unpaired) electrons. The fourth-order valence-electron chi connectivity index (χ4n) is 5.83. The molecule has 0 saturated heterocycles. The van der Waals surface area contributed by atoms with Gasteiger partial charge in [-0.05, 0) is 66.4 Å². The van der Waals surface area contributed by atoms with Crippen molar-refractivity contribution in [2.45, 2.75) is 52.8 Å². The molecule has 0 bridgehead atoms. The van der Waals surface area contributed by atoms with Crippen LogP contribution in [0.4, 0.5) is 0 Å². The Hall–Kier alpha value is -3.82. The number of hydrogen-bond acceptors (Lipinski definition) is 2. The minimum atomic E-state index is -2.06. The third-order valence-corrected chi connectivity index (χ3v) is 11.6. The monoisotopic (exact) mass is 515 g/mol. The van der Waals surface area contributed by atoms with E-state index in [1.54, 1.807) is 0 Å². The highest BCUT2D eigenvalue weighted by Crippen LogP contribution is 2.74. The van der Waals surface area contributed by atoms with Crippen molar-refractivity contribution in [1.82, 2.24) is 5.32 Å². The zero-order valence-electron chi connectivity index (χ0n) is 21.6. The smallest absolute Gasteiger partial charge is 0.200 e. The van der Waals surface area contributed by atoms with Crippen LogP contribution >= 0.6 is 10.0 Å². The Bertz CT molecular complexity index is 1370. The lowest BCUT2D eigenvalue weighted by molar-refractivity contribution is -0.109. The van der Waals surface area contributed by atoms with Crippen LogP contribution < -0.4 is 5.32 Å². The van der Waals surface area contributed by atoms with Crippen LogP contribution in [0.3, 0.4) is 0 Å². The Labute approximate surface area is 227 Å². The van der Waals surface area contributed by atoms with E-state index in [0.717, 1.165) is 49.1 Å². The number of ketones is 1. The zero-order chi connectivity index (χ0) is 25.8. The second-order valence-corrected chi connectivity index (χ2v) is 13.1. The molecule has 0 unspecified atom stereocenters. The molecule has 0 aromatic heterocycles. The lowest BCUT2D eigenvalue weighted by Crippen LogP contribution is -2.28. The van der Waals surface area contributed by atoms with Gasteiger partial charge in [-0.3, -0.25) is 4.79 Å². The van der Waals surface area contributed by atoms with Gasteiger partial charge in [-0.25, -0.2) is 0 Å². The summed E-state index contributed by atoms with van der Waals surface area (Å²) < 4.78 is 0. The van der Waals surface area contributed by atoms with Crippen molar-refractivity contribution >= 4 is 27.5 Å². The number of rotatable bonds is 6. The SMILES string of the molecule is O=C1C(S(c2ccccc2)(c2ccccc2)c2ccccc2)=Cc2ccccc2/C1=C/NC1CCCCC1. The first kappa shape index (κ1) is 24.5. The third kappa shape index (κ3) is 4.41. The van der Waals surface area contributed by atoms with Gasteiger partial charge in [0, 0.05) is 32.5 Å². The van der Waals surface area contributed by atoms with E-state index in [1.165, 1.54) is 19.3 Å². The fraction of sp³-hybridized carbons (Fsp3) is 0.171. The number of carbonyl (C=O) groups excluding carboxylic acids is 1. The fourth-order valence-corrected chi connectivity index (χ4v) is 9.80. The maximum Gasteiger partial charge on any atom is 0.200 e. The van der Waals surface area contributed by atoms with Crippen LogP contribution in [0.1, 0.15) is 43.2 Å². The maximum absolute atomic E-state index is 14.8. The number of allylic oxidation sites excluding steroid dienone is 2. The van der Waals surface area contributed by atoms with Crippen molar-refractivity contribution in [3.8, 4) is 0 Å². The lowest BCUT2D eigenvalue weighted by atomic mass is 9.91. The molecular formula is C35H33NOS. The van der Waals surface area contributed by atoms with Gasteiger partial charge in [0.15, 0.2) is 0 Å². The van der Waals surface area contributed by atoms with E-state index in [4.69, 9.17) is 0 Å². The van der Waals surface area contributed by atoms with Gasteiger partial charge in [0.05, 0.1) is 4.91 Å². The number of carbonyl (C=O) groups is 1. The summed E-state index contributed by atoms with van der Waals surface area (Å²) in [7, 11) is -2.06. The van der Waals surface area contributed by atoms with Gasteiger partial charge >= 0.3 is 0 Å². The molecule has 0 heterocycles. The van der Waals surface area contributed by atoms with E-state index in [-0.39, 0.29) is 5.78 Å². The normalized spacial score (nSPS) is 17.5. The van der Waals surface area contributed by atoms with E-state index in [0.29, 0.717) is 6.04 Å². The first-order valence-corrected chi connectivity index (χ1v) is 15.2. The summed E-state index contributed by atoms with van der Waals surface area (Å²) in [5, 5.41) is 3.65.